The number of nitrogens with zero attached hydrogens (tertiary/aromatic N) is 3. The van der Waals surface area contributed by atoms with Crippen LogP contribution in [0, 0.1) is 0 Å². The molecule has 9 rings (SSSR count). The van der Waals surface area contributed by atoms with Crippen LogP contribution in [0.2, 0.25) is 0 Å². The van der Waals surface area contributed by atoms with Crippen molar-refractivity contribution < 1.29 is 0 Å². The van der Waals surface area contributed by atoms with E-state index in [1.807, 2.05) is 29.5 Å². The standard InChI is InChI=1S/C36H21N3S/c1-2-8-23(9-3-1)33-28-11-4-6-12-31(28)37-35(38-33)24-16-14-22(15-17-24)25-20-29-26-10-5-7-13-32(26)39-34(29)30(21-25)27-18-19-40-36(27)39/h1-21H. The van der Waals surface area contributed by atoms with Gasteiger partial charge in [-0.25, -0.2) is 9.97 Å². The van der Waals surface area contributed by atoms with E-state index in [-0.39, 0.29) is 0 Å². The summed E-state index contributed by atoms with van der Waals surface area (Å²) in [5.41, 5.74) is 9.02. The van der Waals surface area contributed by atoms with Gasteiger partial charge < -0.3 is 0 Å². The third-order valence-electron chi connectivity index (χ3n) is 8.03. The van der Waals surface area contributed by atoms with E-state index in [1.54, 1.807) is 0 Å². The summed E-state index contributed by atoms with van der Waals surface area (Å²) in [5, 5.41) is 8.51. The number of para-hydroxylation sites is 2. The molecule has 0 N–H and O–H groups in total. The molecule has 0 amide bonds. The number of benzene rings is 5. The second-order valence-corrected chi connectivity index (χ2v) is 11.2. The van der Waals surface area contributed by atoms with Crippen molar-refractivity contribution >= 4 is 59.6 Å². The van der Waals surface area contributed by atoms with E-state index in [0.29, 0.717) is 0 Å². The van der Waals surface area contributed by atoms with Gasteiger partial charge in [0.1, 0.15) is 4.83 Å². The number of fused-ring (bicyclic) bond motifs is 7. The fourth-order valence-corrected chi connectivity index (χ4v) is 7.13. The Hall–Kier alpha value is -5.06. The zero-order valence-corrected chi connectivity index (χ0v) is 22.2. The first-order valence-electron chi connectivity index (χ1n) is 13.4. The number of aromatic nitrogens is 3. The molecule has 9 aromatic rings. The molecule has 5 aromatic carbocycles. The SMILES string of the molecule is c1ccc(-c2nc(-c3ccc(-c4cc5c6ccccc6n6c7sccc7c(c4)c56)cc3)nc3ccccc23)cc1. The van der Waals surface area contributed by atoms with Gasteiger partial charge in [-0.05, 0) is 46.8 Å². The fraction of sp³-hybridized carbons (Fsp3) is 0. The molecule has 4 aromatic heterocycles. The number of hydrogen-bond acceptors (Lipinski definition) is 3. The molecule has 0 aliphatic carbocycles. The molecule has 0 unspecified atom stereocenters. The number of thiophene rings is 1. The van der Waals surface area contributed by atoms with Gasteiger partial charge in [-0.1, -0.05) is 91.0 Å². The highest BCUT2D eigenvalue weighted by Crippen LogP contribution is 2.43. The summed E-state index contributed by atoms with van der Waals surface area (Å²) in [6, 6.07) is 43.0. The Morgan fingerprint density at radius 1 is 0.500 bits per heavy atom. The summed E-state index contributed by atoms with van der Waals surface area (Å²) in [6.45, 7) is 0. The average molecular weight is 528 g/mol. The maximum Gasteiger partial charge on any atom is 0.160 e. The van der Waals surface area contributed by atoms with Gasteiger partial charge in [0.05, 0.1) is 22.2 Å². The molecule has 3 nitrogen and oxygen atoms in total. The van der Waals surface area contributed by atoms with E-state index in [2.05, 4.69) is 113 Å². The molecule has 0 bridgehead atoms. The van der Waals surface area contributed by atoms with Crippen molar-refractivity contribution in [2.45, 2.75) is 0 Å². The first-order chi connectivity index (χ1) is 19.8. The summed E-state index contributed by atoms with van der Waals surface area (Å²) in [4.78, 5) is 11.3. The minimum absolute atomic E-state index is 0.740. The lowest BCUT2D eigenvalue weighted by atomic mass is 9.98. The van der Waals surface area contributed by atoms with Crippen LogP contribution in [-0.4, -0.2) is 14.4 Å². The van der Waals surface area contributed by atoms with E-state index >= 15 is 0 Å². The lowest BCUT2D eigenvalue weighted by Gasteiger charge is -2.10. The van der Waals surface area contributed by atoms with Crippen molar-refractivity contribution in [1.82, 2.24) is 14.4 Å². The van der Waals surface area contributed by atoms with Crippen LogP contribution in [0.5, 0.6) is 0 Å². The van der Waals surface area contributed by atoms with Crippen LogP contribution in [0.25, 0.3) is 82.1 Å². The largest absolute Gasteiger partial charge is 0.300 e. The van der Waals surface area contributed by atoms with Gasteiger partial charge in [-0.3, -0.25) is 4.40 Å². The minimum atomic E-state index is 0.740. The molecular formula is C36H21N3S. The Balaban J connectivity index is 1.21. The first-order valence-corrected chi connectivity index (χ1v) is 14.3. The van der Waals surface area contributed by atoms with Crippen LogP contribution in [0.4, 0.5) is 0 Å². The van der Waals surface area contributed by atoms with Crippen molar-refractivity contribution in [3.8, 4) is 33.8 Å². The van der Waals surface area contributed by atoms with Crippen LogP contribution in [0.15, 0.2) is 127 Å². The third-order valence-corrected chi connectivity index (χ3v) is 8.93. The maximum atomic E-state index is 5.05. The molecule has 0 aliphatic rings. The summed E-state index contributed by atoms with van der Waals surface area (Å²) in [5.74, 6) is 0.740. The van der Waals surface area contributed by atoms with E-state index in [1.165, 1.54) is 48.5 Å². The monoisotopic (exact) mass is 527 g/mol. The van der Waals surface area contributed by atoms with Gasteiger partial charge in [0.15, 0.2) is 5.82 Å². The van der Waals surface area contributed by atoms with E-state index in [4.69, 9.17) is 9.97 Å². The van der Waals surface area contributed by atoms with Crippen LogP contribution >= 0.6 is 11.3 Å². The molecule has 0 saturated carbocycles. The lowest BCUT2D eigenvalue weighted by Crippen LogP contribution is -1.95. The Labute approximate surface area is 234 Å². The molecular weight excluding hydrogens is 506 g/mol. The Morgan fingerprint density at radius 2 is 1.20 bits per heavy atom. The maximum absolute atomic E-state index is 5.05. The Morgan fingerprint density at radius 3 is 2.05 bits per heavy atom. The van der Waals surface area contributed by atoms with Crippen LogP contribution in [-0.2, 0) is 0 Å². The molecule has 0 aliphatic heterocycles. The topological polar surface area (TPSA) is 30.2 Å². The Kier molecular flexibility index (Phi) is 4.48. The van der Waals surface area contributed by atoms with Crippen molar-refractivity contribution in [2.75, 3.05) is 0 Å². The van der Waals surface area contributed by atoms with Gasteiger partial charge in [0, 0.05) is 38.1 Å². The predicted molar refractivity (Wildman–Crippen MR) is 168 cm³/mol. The van der Waals surface area contributed by atoms with Crippen LogP contribution in [0.3, 0.4) is 0 Å². The number of hydrogen-bond donors (Lipinski definition) is 0. The molecule has 0 fully saturated rings. The second kappa shape index (κ2) is 8.22. The van der Waals surface area contributed by atoms with E-state index in [0.717, 1.165) is 33.5 Å². The molecule has 0 atom stereocenters. The summed E-state index contributed by atoms with van der Waals surface area (Å²) < 4.78 is 2.44. The lowest BCUT2D eigenvalue weighted by molar-refractivity contribution is 1.23. The molecule has 4 heterocycles. The van der Waals surface area contributed by atoms with E-state index in [9.17, 15) is 0 Å². The molecule has 4 heteroatoms. The fourth-order valence-electron chi connectivity index (χ4n) is 6.19. The van der Waals surface area contributed by atoms with Crippen molar-refractivity contribution in [2.24, 2.45) is 0 Å². The zero-order valence-electron chi connectivity index (χ0n) is 21.4. The predicted octanol–water partition coefficient (Wildman–Crippen LogP) is 9.84. The smallest absolute Gasteiger partial charge is 0.160 e. The van der Waals surface area contributed by atoms with Gasteiger partial charge in [-0.15, -0.1) is 11.3 Å². The summed E-state index contributed by atoms with van der Waals surface area (Å²) in [6.07, 6.45) is 0. The second-order valence-electron chi connectivity index (χ2n) is 10.3. The molecule has 0 radical (unpaired) electrons. The minimum Gasteiger partial charge on any atom is -0.300 e. The highest BCUT2D eigenvalue weighted by atomic mass is 32.1. The van der Waals surface area contributed by atoms with Crippen molar-refractivity contribution in [3.05, 3.63) is 127 Å². The van der Waals surface area contributed by atoms with Gasteiger partial charge >= 0.3 is 0 Å². The Bertz CT molecular complexity index is 2360. The van der Waals surface area contributed by atoms with Crippen molar-refractivity contribution in [3.63, 3.8) is 0 Å². The molecule has 0 spiro atoms. The summed E-state index contributed by atoms with van der Waals surface area (Å²) >= 11 is 1.81. The molecule has 186 valence electrons. The zero-order chi connectivity index (χ0) is 26.2. The average Bonchev–Trinajstić information content (AvgIpc) is 3.71. The normalized spacial score (nSPS) is 12.0. The first kappa shape index (κ1) is 21.8. The molecule has 40 heavy (non-hydrogen) atoms. The van der Waals surface area contributed by atoms with Gasteiger partial charge in [-0.2, -0.15) is 0 Å². The van der Waals surface area contributed by atoms with Gasteiger partial charge in [0.25, 0.3) is 0 Å². The van der Waals surface area contributed by atoms with Crippen LogP contribution in [0.1, 0.15) is 0 Å². The van der Waals surface area contributed by atoms with E-state index < -0.39 is 0 Å². The van der Waals surface area contributed by atoms with Crippen LogP contribution < -0.4 is 0 Å². The van der Waals surface area contributed by atoms with Gasteiger partial charge in [0.2, 0.25) is 0 Å². The highest BCUT2D eigenvalue weighted by molar-refractivity contribution is 7.17. The van der Waals surface area contributed by atoms with Crippen molar-refractivity contribution in [1.29, 1.82) is 0 Å². The molecule has 0 saturated heterocycles. The summed E-state index contributed by atoms with van der Waals surface area (Å²) in [7, 11) is 0. The quantitative estimate of drug-likeness (QED) is 0.229. The third kappa shape index (κ3) is 3.05. The number of rotatable bonds is 3. The highest BCUT2D eigenvalue weighted by Gasteiger charge is 2.19.